The minimum Gasteiger partial charge on any atom is -0.349 e. The van der Waals surface area contributed by atoms with Crippen LogP contribution in [0.1, 0.15) is 21.3 Å². The monoisotopic (exact) mass is 326 g/mol. The Hall–Kier alpha value is -1.43. The second-order valence-corrected chi connectivity index (χ2v) is 6.17. The van der Waals surface area contributed by atoms with Crippen LogP contribution in [-0.4, -0.2) is 31.4 Å². The van der Waals surface area contributed by atoms with E-state index in [-0.39, 0.29) is 17.8 Å². The maximum absolute atomic E-state index is 13.3. The summed E-state index contributed by atoms with van der Waals surface area (Å²) in [4.78, 5) is 14.5. The van der Waals surface area contributed by atoms with Gasteiger partial charge in [-0.2, -0.15) is 0 Å². The van der Waals surface area contributed by atoms with Gasteiger partial charge in [0, 0.05) is 6.54 Å². The summed E-state index contributed by atoms with van der Waals surface area (Å²) >= 11 is 7.24. The summed E-state index contributed by atoms with van der Waals surface area (Å²) in [6.07, 6.45) is 0. The zero-order valence-electron chi connectivity index (χ0n) is 11.8. The van der Waals surface area contributed by atoms with Crippen LogP contribution in [0.5, 0.6) is 0 Å². The molecule has 1 N–H and O–H groups in total. The van der Waals surface area contributed by atoms with E-state index >= 15 is 0 Å². The number of nitrogens with zero attached hydrogens (tertiary/aromatic N) is 1. The molecule has 21 heavy (non-hydrogen) atoms. The number of hydrogen-bond donors (Lipinski definition) is 1. The van der Waals surface area contributed by atoms with Gasteiger partial charge in [-0.15, -0.1) is 11.3 Å². The highest BCUT2D eigenvalue weighted by molar-refractivity contribution is 7.12. The molecule has 1 unspecified atom stereocenters. The second-order valence-electron chi connectivity index (χ2n) is 4.84. The summed E-state index contributed by atoms with van der Waals surface area (Å²) in [6.45, 7) is 0.378. The first-order valence-electron chi connectivity index (χ1n) is 6.42. The minimum atomic E-state index is -0.285. The van der Waals surface area contributed by atoms with Gasteiger partial charge in [0.2, 0.25) is 0 Å². The summed E-state index contributed by atoms with van der Waals surface area (Å²) in [5, 5.41) is 5.07. The number of rotatable bonds is 5. The molecule has 0 aliphatic rings. The third kappa shape index (κ3) is 4.03. The Labute approximate surface area is 132 Å². The molecule has 6 heteroatoms. The molecule has 0 saturated heterocycles. The van der Waals surface area contributed by atoms with Crippen LogP contribution in [0.3, 0.4) is 0 Å². The Morgan fingerprint density at radius 2 is 2.19 bits per heavy atom. The van der Waals surface area contributed by atoms with Crippen LogP contribution in [0.15, 0.2) is 35.7 Å². The largest absolute Gasteiger partial charge is 0.349 e. The summed E-state index contributed by atoms with van der Waals surface area (Å²) < 4.78 is 13.3. The van der Waals surface area contributed by atoms with Crippen molar-refractivity contribution in [3.63, 3.8) is 0 Å². The SMILES string of the molecule is CN(C)C(CNC(=O)c1sccc1Cl)c1cccc(F)c1. The number of carbonyl (C=O) groups is 1. The van der Waals surface area contributed by atoms with E-state index in [4.69, 9.17) is 11.6 Å². The molecular formula is C15H16ClFN2OS. The smallest absolute Gasteiger partial charge is 0.262 e. The van der Waals surface area contributed by atoms with Crippen LogP contribution in [0.4, 0.5) is 4.39 Å². The topological polar surface area (TPSA) is 32.3 Å². The van der Waals surface area contributed by atoms with E-state index in [0.717, 1.165) is 5.56 Å². The predicted octanol–water partition coefficient (Wildman–Crippen LogP) is 3.57. The molecule has 0 aliphatic heterocycles. The maximum atomic E-state index is 13.3. The van der Waals surface area contributed by atoms with E-state index in [1.807, 2.05) is 25.1 Å². The van der Waals surface area contributed by atoms with Crippen molar-refractivity contribution in [1.29, 1.82) is 0 Å². The number of thiophene rings is 1. The van der Waals surface area contributed by atoms with Crippen LogP contribution < -0.4 is 5.32 Å². The molecule has 0 spiro atoms. The number of hydrogen-bond acceptors (Lipinski definition) is 3. The molecule has 1 amide bonds. The van der Waals surface area contributed by atoms with Gasteiger partial charge >= 0.3 is 0 Å². The number of carbonyl (C=O) groups excluding carboxylic acids is 1. The average molecular weight is 327 g/mol. The van der Waals surface area contributed by atoms with Gasteiger partial charge in [0.15, 0.2) is 0 Å². The average Bonchev–Trinajstić information content (AvgIpc) is 2.85. The van der Waals surface area contributed by atoms with Crippen molar-refractivity contribution in [1.82, 2.24) is 10.2 Å². The first-order chi connectivity index (χ1) is 9.99. The molecule has 2 aromatic rings. The Morgan fingerprint density at radius 3 is 2.76 bits per heavy atom. The molecule has 0 aliphatic carbocycles. The van der Waals surface area contributed by atoms with Gasteiger partial charge in [0.05, 0.1) is 11.1 Å². The fraction of sp³-hybridized carbons (Fsp3) is 0.267. The third-order valence-electron chi connectivity index (χ3n) is 3.14. The molecule has 1 atom stereocenters. The first-order valence-corrected chi connectivity index (χ1v) is 7.68. The highest BCUT2D eigenvalue weighted by Crippen LogP contribution is 2.22. The Morgan fingerprint density at radius 1 is 1.43 bits per heavy atom. The fourth-order valence-electron chi connectivity index (χ4n) is 2.04. The third-order valence-corrected chi connectivity index (χ3v) is 4.48. The van der Waals surface area contributed by atoms with Crippen LogP contribution >= 0.6 is 22.9 Å². The van der Waals surface area contributed by atoms with Crippen molar-refractivity contribution in [2.24, 2.45) is 0 Å². The Kier molecular flexibility index (Phi) is 5.33. The van der Waals surface area contributed by atoms with E-state index in [9.17, 15) is 9.18 Å². The molecule has 1 aromatic heterocycles. The van der Waals surface area contributed by atoms with Gasteiger partial charge in [0.1, 0.15) is 10.7 Å². The standard InChI is InChI=1S/C15H16ClFN2OS/c1-19(2)13(10-4-3-5-11(17)8-10)9-18-15(20)14-12(16)6-7-21-14/h3-8,13H,9H2,1-2H3,(H,18,20). The fourth-order valence-corrected chi connectivity index (χ4v) is 3.10. The van der Waals surface area contributed by atoms with E-state index in [1.54, 1.807) is 17.5 Å². The molecule has 0 radical (unpaired) electrons. The summed E-state index contributed by atoms with van der Waals surface area (Å²) in [6, 6.07) is 7.98. The van der Waals surface area contributed by atoms with Gasteiger partial charge < -0.3 is 10.2 Å². The van der Waals surface area contributed by atoms with Crippen LogP contribution in [0.25, 0.3) is 0 Å². The van der Waals surface area contributed by atoms with E-state index in [0.29, 0.717) is 16.4 Å². The highest BCUT2D eigenvalue weighted by atomic mass is 35.5. The van der Waals surface area contributed by atoms with E-state index in [2.05, 4.69) is 5.32 Å². The zero-order chi connectivity index (χ0) is 15.4. The van der Waals surface area contributed by atoms with Crippen molar-refractivity contribution in [3.05, 3.63) is 57.0 Å². The zero-order valence-corrected chi connectivity index (χ0v) is 13.3. The van der Waals surface area contributed by atoms with Crippen molar-refractivity contribution < 1.29 is 9.18 Å². The lowest BCUT2D eigenvalue weighted by molar-refractivity contribution is 0.0946. The molecule has 0 saturated carbocycles. The lowest BCUT2D eigenvalue weighted by atomic mass is 10.1. The molecule has 0 fully saturated rings. The molecular weight excluding hydrogens is 311 g/mol. The normalized spacial score (nSPS) is 12.4. The van der Waals surface area contributed by atoms with Crippen molar-refractivity contribution >= 4 is 28.8 Å². The Balaban J connectivity index is 2.08. The number of likely N-dealkylation sites (N-methyl/N-ethyl adjacent to an activating group) is 1. The van der Waals surface area contributed by atoms with E-state index in [1.165, 1.54) is 23.5 Å². The van der Waals surface area contributed by atoms with Crippen LogP contribution in [0.2, 0.25) is 5.02 Å². The van der Waals surface area contributed by atoms with Crippen molar-refractivity contribution in [2.75, 3.05) is 20.6 Å². The lowest BCUT2D eigenvalue weighted by Gasteiger charge is -2.25. The van der Waals surface area contributed by atoms with Crippen LogP contribution in [0, 0.1) is 5.82 Å². The maximum Gasteiger partial charge on any atom is 0.262 e. The van der Waals surface area contributed by atoms with E-state index < -0.39 is 0 Å². The quantitative estimate of drug-likeness (QED) is 0.911. The number of amides is 1. The second kappa shape index (κ2) is 7.02. The molecule has 1 heterocycles. The summed E-state index contributed by atoms with van der Waals surface area (Å²) in [5.41, 5.74) is 0.817. The van der Waals surface area contributed by atoms with Gasteiger partial charge in [-0.05, 0) is 43.2 Å². The minimum absolute atomic E-state index is 0.108. The van der Waals surface area contributed by atoms with Gasteiger partial charge in [-0.25, -0.2) is 4.39 Å². The highest BCUT2D eigenvalue weighted by Gasteiger charge is 2.18. The van der Waals surface area contributed by atoms with Gasteiger partial charge in [0.25, 0.3) is 5.91 Å². The number of benzene rings is 1. The molecule has 2 rings (SSSR count). The van der Waals surface area contributed by atoms with Gasteiger partial charge in [-0.1, -0.05) is 23.7 Å². The molecule has 0 bridgehead atoms. The number of halogens is 2. The molecule has 112 valence electrons. The first kappa shape index (κ1) is 15.9. The van der Waals surface area contributed by atoms with Crippen molar-refractivity contribution in [2.45, 2.75) is 6.04 Å². The van der Waals surface area contributed by atoms with Crippen LogP contribution in [-0.2, 0) is 0 Å². The number of nitrogens with one attached hydrogen (secondary N) is 1. The summed E-state index contributed by atoms with van der Waals surface area (Å²) in [7, 11) is 3.78. The Bertz CT molecular complexity index is 630. The molecule has 1 aromatic carbocycles. The van der Waals surface area contributed by atoms with Gasteiger partial charge in [-0.3, -0.25) is 4.79 Å². The lowest BCUT2D eigenvalue weighted by Crippen LogP contribution is -2.34. The predicted molar refractivity (Wildman–Crippen MR) is 84.5 cm³/mol. The molecule has 3 nitrogen and oxygen atoms in total. The summed E-state index contributed by atoms with van der Waals surface area (Å²) in [5.74, 6) is -0.495. The van der Waals surface area contributed by atoms with Crippen molar-refractivity contribution in [3.8, 4) is 0 Å².